The topological polar surface area (TPSA) is 58.6 Å². The van der Waals surface area contributed by atoms with Crippen LogP contribution in [0.4, 0.5) is 4.39 Å². The molecule has 1 atom stereocenters. The number of hydrogen-bond acceptors (Lipinski definition) is 3. The summed E-state index contributed by atoms with van der Waals surface area (Å²) in [7, 11) is 0. The lowest BCUT2D eigenvalue weighted by Gasteiger charge is -2.15. The number of hydrogen-bond donors (Lipinski definition) is 2. The smallest absolute Gasteiger partial charge is 0.251 e. The largest absolute Gasteiger partial charge is 0.491 e. The zero-order chi connectivity index (χ0) is 17.7. The van der Waals surface area contributed by atoms with Crippen LogP contribution in [0.5, 0.6) is 5.75 Å². The third-order valence-corrected chi connectivity index (χ3v) is 3.49. The molecule has 2 aromatic carbocycles. The minimum absolute atomic E-state index is 0.0406. The van der Waals surface area contributed by atoms with Crippen molar-refractivity contribution in [2.75, 3.05) is 6.54 Å². The Morgan fingerprint density at radius 1 is 1.25 bits per heavy atom. The zero-order valence-electron chi connectivity index (χ0n) is 14.0. The fourth-order valence-electron chi connectivity index (χ4n) is 2.26. The number of halogens is 1. The van der Waals surface area contributed by atoms with Gasteiger partial charge in [-0.2, -0.15) is 0 Å². The van der Waals surface area contributed by atoms with E-state index in [1.807, 2.05) is 19.9 Å². The van der Waals surface area contributed by atoms with Crippen LogP contribution >= 0.6 is 0 Å². The second-order valence-corrected chi connectivity index (χ2v) is 5.93. The van der Waals surface area contributed by atoms with E-state index in [9.17, 15) is 14.3 Å². The molecule has 0 aliphatic carbocycles. The lowest BCUT2D eigenvalue weighted by molar-refractivity contribution is 0.0916. The van der Waals surface area contributed by atoms with Gasteiger partial charge in [0.1, 0.15) is 11.6 Å². The molecular weight excluding hydrogens is 309 g/mol. The first-order chi connectivity index (χ1) is 11.4. The Hall–Kier alpha value is -2.40. The number of carbonyl (C=O) groups is 1. The van der Waals surface area contributed by atoms with Crippen molar-refractivity contribution in [1.82, 2.24) is 5.32 Å². The molecule has 0 saturated carbocycles. The molecule has 0 fully saturated rings. The van der Waals surface area contributed by atoms with Gasteiger partial charge in [-0.1, -0.05) is 12.1 Å². The third-order valence-electron chi connectivity index (χ3n) is 3.49. The van der Waals surface area contributed by atoms with Crippen molar-refractivity contribution >= 4 is 5.91 Å². The molecule has 2 aromatic rings. The quantitative estimate of drug-likeness (QED) is 0.853. The average Bonchev–Trinajstić information content (AvgIpc) is 2.54. The van der Waals surface area contributed by atoms with Crippen molar-refractivity contribution in [2.45, 2.75) is 33.0 Å². The van der Waals surface area contributed by atoms with Crippen LogP contribution in [0.1, 0.15) is 41.4 Å². The molecule has 2 N–H and O–H groups in total. The molecule has 5 heteroatoms. The summed E-state index contributed by atoms with van der Waals surface area (Å²) in [5.41, 5.74) is 1.42. The van der Waals surface area contributed by atoms with Crippen molar-refractivity contribution in [1.29, 1.82) is 0 Å². The predicted molar refractivity (Wildman–Crippen MR) is 90.6 cm³/mol. The monoisotopic (exact) mass is 331 g/mol. The Morgan fingerprint density at radius 3 is 2.67 bits per heavy atom. The van der Waals surface area contributed by atoms with E-state index in [1.54, 1.807) is 25.1 Å². The van der Waals surface area contributed by atoms with E-state index in [1.165, 1.54) is 18.2 Å². The SMILES string of the molecule is Cc1cc(C(=O)NCC(O)c2cccc(OC(C)C)c2)ccc1F. The maximum absolute atomic E-state index is 13.2. The lowest BCUT2D eigenvalue weighted by atomic mass is 10.1. The summed E-state index contributed by atoms with van der Waals surface area (Å²) in [6, 6.07) is 11.3. The Morgan fingerprint density at radius 2 is 2.00 bits per heavy atom. The Bertz CT molecular complexity index is 716. The van der Waals surface area contributed by atoms with Crippen LogP contribution in [0.15, 0.2) is 42.5 Å². The van der Waals surface area contributed by atoms with Gasteiger partial charge in [-0.3, -0.25) is 4.79 Å². The minimum atomic E-state index is -0.855. The van der Waals surface area contributed by atoms with Gasteiger partial charge in [0.05, 0.1) is 12.2 Å². The highest BCUT2D eigenvalue weighted by molar-refractivity contribution is 5.94. The number of aryl methyl sites for hydroxylation is 1. The molecule has 0 heterocycles. The van der Waals surface area contributed by atoms with Crippen LogP contribution in [-0.4, -0.2) is 23.7 Å². The van der Waals surface area contributed by atoms with Crippen LogP contribution in [0.2, 0.25) is 0 Å². The number of nitrogens with one attached hydrogen (secondary N) is 1. The molecule has 128 valence electrons. The van der Waals surface area contributed by atoms with E-state index in [-0.39, 0.29) is 24.4 Å². The van der Waals surface area contributed by atoms with E-state index in [0.29, 0.717) is 22.4 Å². The molecule has 24 heavy (non-hydrogen) atoms. The summed E-state index contributed by atoms with van der Waals surface area (Å²) in [5, 5.41) is 12.9. The second kappa shape index (κ2) is 7.93. The molecule has 2 rings (SSSR count). The number of aliphatic hydroxyl groups is 1. The summed E-state index contributed by atoms with van der Waals surface area (Å²) in [5.74, 6) is -0.0395. The summed E-state index contributed by atoms with van der Waals surface area (Å²) in [4.78, 5) is 12.1. The maximum Gasteiger partial charge on any atom is 0.251 e. The van der Waals surface area contributed by atoms with E-state index >= 15 is 0 Å². The van der Waals surface area contributed by atoms with E-state index < -0.39 is 6.10 Å². The fraction of sp³-hybridized carbons (Fsp3) is 0.316. The van der Waals surface area contributed by atoms with Gasteiger partial charge in [0.2, 0.25) is 0 Å². The van der Waals surface area contributed by atoms with Crippen LogP contribution in [0, 0.1) is 12.7 Å². The van der Waals surface area contributed by atoms with Gasteiger partial charge in [-0.05, 0) is 62.2 Å². The molecule has 4 nitrogen and oxygen atoms in total. The first-order valence-electron chi connectivity index (χ1n) is 7.86. The van der Waals surface area contributed by atoms with Crippen molar-refractivity contribution in [3.05, 3.63) is 65.0 Å². The number of aliphatic hydroxyl groups excluding tert-OH is 1. The van der Waals surface area contributed by atoms with Gasteiger partial charge in [0.15, 0.2) is 0 Å². The minimum Gasteiger partial charge on any atom is -0.491 e. The van der Waals surface area contributed by atoms with Crippen LogP contribution in [-0.2, 0) is 0 Å². The van der Waals surface area contributed by atoms with Gasteiger partial charge in [-0.25, -0.2) is 4.39 Å². The molecule has 1 amide bonds. The standard InChI is InChI=1S/C19H22FNO3/c1-12(2)24-16-6-4-5-14(10-16)18(22)11-21-19(23)15-7-8-17(20)13(3)9-15/h4-10,12,18,22H,11H2,1-3H3,(H,21,23). The van der Waals surface area contributed by atoms with Gasteiger partial charge in [0.25, 0.3) is 5.91 Å². The van der Waals surface area contributed by atoms with Gasteiger partial charge < -0.3 is 15.2 Å². The van der Waals surface area contributed by atoms with Gasteiger partial charge in [0, 0.05) is 12.1 Å². The van der Waals surface area contributed by atoms with Crippen LogP contribution in [0.25, 0.3) is 0 Å². The molecule has 0 radical (unpaired) electrons. The van der Waals surface area contributed by atoms with E-state index in [2.05, 4.69) is 5.32 Å². The molecule has 0 bridgehead atoms. The Labute approximate surface area is 141 Å². The third kappa shape index (κ3) is 4.80. The number of carbonyl (C=O) groups excluding carboxylic acids is 1. The molecular formula is C19H22FNO3. The van der Waals surface area contributed by atoms with Gasteiger partial charge in [-0.15, -0.1) is 0 Å². The molecule has 1 unspecified atom stereocenters. The first-order valence-corrected chi connectivity index (χ1v) is 7.86. The highest BCUT2D eigenvalue weighted by Crippen LogP contribution is 2.20. The summed E-state index contributed by atoms with van der Waals surface area (Å²) < 4.78 is 18.8. The molecule has 0 saturated heterocycles. The van der Waals surface area contributed by atoms with E-state index in [4.69, 9.17) is 4.74 Å². The van der Waals surface area contributed by atoms with Crippen molar-refractivity contribution in [3.63, 3.8) is 0 Å². The normalized spacial score (nSPS) is 12.1. The maximum atomic E-state index is 13.2. The van der Waals surface area contributed by atoms with Crippen molar-refractivity contribution in [2.24, 2.45) is 0 Å². The Balaban J connectivity index is 1.98. The summed E-state index contributed by atoms with van der Waals surface area (Å²) in [6.45, 7) is 5.50. The zero-order valence-corrected chi connectivity index (χ0v) is 14.0. The van der Waals surface area contributed by atoms with E-state index in [0.717, 1.165) is 0 Å². The summed E-state index contributed by atoms with van der Waals surface area (Å²) in [6.07, 6.45) is -0.815. The average molecular weight is 331 g/mol. The molecule has 0 aromatic heterocycles. The van der Waals surface area contributed by atoms with Crippen molar-refractivity contribution < 1.29 is 19.0 Å². The van der Waals surface area contributed by atoms with Crippen LogP contribution < -0.4 is 10.1 Å². The highest BCUT2D eigenvalue weighted by atomic mass is 19.1. The highest BCUT2D eigenvalue weighted by Gasteiger charge is 2.13. The lowest BCUT2D eigenvalue weighted by Crippen LogP contribution is -2.28. The van der Waals surface area contributed by atoms with Crippen molar-refractivity contribution in [3.8, 4) is 5.75 Å². The number of ether oxygens (including phenoxy) is 1. The number of rotatable bonds is 6. The Kier molecular flexibility index (Phi) is 5.93. The second-order valence-electron chi connectivity index (χ2n) is 5.93. The predicted octanol–water partition coefficient (Wildman–Crippen LogP) is 3.38. The molecule has 0 aliphatic heterocycles. The molecule has 0 aliphatic rings. The van der Waals surface area contributed by atoms with Crippen LogP contribution in [0.3, 0.4) is 0 Å². The first kappa shape index (κ1) is 17.9. The fourth-order valence-corrected chi connectivity index (χ4v) is 2.26. The molecule has 0 spiro atoms. The number of benzene rings is 2. The number of amides is 1. The van der Waals surface area contributed by atoms with Gasteiger partial charge >= 0.3 is 0 Å². The summed E-state index contributed by atoms with van der Waals surface area (Å²) >= 11 is 0.